The zero-order valence-electron chi connectivity index (χ0n) is 7.88. The van der Waals surface area contributed by atoms with Crippen molar-refractivity contribution in [3.05, 3.63) is 38.7 Å². The second kappa shape index (κ2) is 3.87. The summed E-state index contributed by atoms with van der Waals surface area (Å²) in [6.07, 6.45) is 1.55. The van der Waals surface area contributed by atoms with Crippen LogP contribution in [-0.4, -0.2) is 15.8 Å². The first-order chi connectivity index (χ1) is 6.54. The van der Waals surface area contributed by atoms with Crippen LogP contribution in [0.4, 0.5) is 0 Å². The molecule has 0 spiro atoms. The minimum Gasteiger partial charge on any atom is -0.307 e. The summed E-state index contributed by atoms with van der Waals surface area (Å²) in [6.45, 7) is 3.03. The standard InChI is InChI=1S/C9H10N2O3/c1-3-6(5(2)12)7-4-8(13)11-9(14)10-7/h3-4H,1-2H3,(H2,10,11,13,14)/b6-3+. The number of aromatic amines is 2. The van der Waals surface area contributed by atoms with E-state index in [0.717, 1.165) is 0 Å². The number of allylic oxidation sites excluding steroid dienone is 2. The summed E-state index contributed by atoms with van der Waals surface area (Å²) >= 11 is 0. The number of Topliss-reactive ketones (excluding diaryl/α,β-unsaturated/α-hetero) is 1. The summed E-state index contributed by atoms with van der Waals surface area (Å²) in [6, 6.07) is 1.18. The van der Waals surface area contributed by atoms with Crippen molar-refractivity contribution in [3.8, 4) is 0 Å². The number of nitrogens with one attached hydrogen (secondary N) is 2. The van der Waals surface area contributed by atoms with E-state index in [1.807, 2.05) is 4.98 Å². The van der Waals surface area contributed by atoms with E-state index in [2.05, 4.69) is 4.98 Å². The van der Waals surface area contributed by atoms with Crippen LogP contribution in [0.3, 0.4) is 0 Å². The second-order valence-corrected chi connectivity index (χ2v) is 2.76. The van der Waals surface area contributed by atoms with Gasteiger partial charge in [-0.2, -0.15) is 0 Å². The van der Waals surface area contributed by atoms with Gasteiger partial charge < -0.3 is 4.98 Å². The highest BCUT2D eigenvalue weighted by Crippen LogP contribution is 2.08. The van der Waals surface area contributed by atoms with Gasteiger partial charge in [0.1, 0.15) is 0 Å². The minimum atomic E-state index is -0.617. The SMILES string of the molecule is C/C=C(\C(C)=O)c1cc(=O)[nH]c(=O)[nH]1. The molecule has 0 unspecified atom stereocenters. The van der Waals surface area contributed by atoms with E-state index in [9.17, 15) is 14.4 Å². The molecule has 1 heterocycles. The van der Waals surface area contributed by atoms with Gasteiger partial charge in [-0.3, -0.25) is 14.6 Å². The van der Waals surface area contributed by atoms with Crippen LogP contribution in [0.2, 0.25) is 0 Å². The van der Waals surface area contributed by atoms with Crippen LogP contribution in [-0.2, 0) is 4.79 Å². The number of carbonyl (C=O) groups excluding carboxylic acids is 1. The molecular weight excluding hydrogens is 184 g/mol. The number of hydrogen-bond acceptors (Lipinski definition) is 3. The Morgan fingerprint density at radius 1 is 1.36 bits per heavy atom. The number of H-pyrrole nitrogens is 2. The van der Waals surface area contributed by atoms with Crippen LogP contribution in [0.25, 0.3) is 5.57 Å². The zero-order chi connectivity index (χ0) is 10.7. The molecule has 0 saturated carbocycles. The molecule has 0 aromatic carbocycles. The van der Waals surface area contributed by atoms with E-state index in [1.54, 1.807) is 13.0 Å². The molecule has 1 rings (SSSR count). The van der Waals surface area contributed by atoms with Crippen molar-refractivity contribution < 1.29 is 4.79 Å². The largest absolute Gasteiger partial charge is 0.326 e. The Morgan fingerprint density at radius 3 is 2.43 bits per heavy atom. The average Bonchev–Trinajstić information content (AvgIpc) is 2.02. The molecular formula is C9H10N2O3. The van der Waals surface area contributed by atoms with Crippen molar-refractivity contribution in [3.63, 3.8) is 0 Å². The highest BCUT2D eigenvalue weighted by molar-refractivity contribution is 6.18. The predicted octanol–water partition coefficient (Wildman–Crippen LogP) is 0.0555. The summed E-state index contributed by atoms with van der Waals surface area (Å²) < 4.78 is 0. The Bertz CT molecular complexity index is 465. The molecule has 0 fully saturated rings. The molecule has 1 aromatic rings. The van der Waals surface area contributed by atoms with Gasteiger partial charge in [-0.25, -0.2) is 4.79 Å². The molecule has 0 amide bonds. The van der Waals surface area contributed by atoms with Crippen LogP contribution < -0.4 is 11.2 Å². The summed E-state index contributed by atoms with van der Waals surface area (Å²) in [7, 11) is 0. The molecule has 0 saturated heterocycles. The third-order valence-electron chi connectivity index (χ3n) is 1.72. The van der Waals surface area contributed by atoms with Crippen molar-refractivity contribution in [2.75, 3.05) is 0 Å². The van der Waals surface area contributed by atoms with Gasteiger partial charge in [-0.05, 0) is 13.8 Å². The van der Waals surface area contributed by atoms with E-state index < -0.39 is 11.2 Å². The van der Waals surface area contributed by atoms with Gasteiger partial charge >= 0.3 is 5.69 Å². The Hall–Kier alpha value is -1.91. The molecule has 2 N–H and O–H groups in total. The minimum absolute atomic E-state index is 0.200. The van der Waals surface area contributed by atoms with E-state index in [1.165, 1.54) is 13.0 Å². The number of hydrogen-bond donors (Lipinski definition) is 2. The van der Waals surface area contributed by atoms with Crippen molar-refractivity contribution >= 4 is 11.4 Å². The van der Waals surface area contributed by atoms with Gasteiger partial charge in [0.2, 0.25) is 0 Å². The summed E-state index contributed by atoms with van der Waals surface area (Å²) in [4.78, 5) is 37.3. The molecule has 0 aliphatic heterocycles. The van der Waals surface area contributed by atoms with Crippen LogP contribution in [0.15, 0.2) is 21.7 Å². The lowest BCUT2D eigenvalue weighted by atomic mass is 10.1. The monoisotopic (exact) mass is 194 g/mol. The Morgan fingerprint density at radius 2 is 2.00 bits per heavy atom. The second-order valence-electron chi connectivity index (χ2n) is 2.76. The maximum absolute atomic E-state index is 11.1. The first-order valence-electron chi connectivity index (χ1n) is 4.06. The fraction of sp³-hybridized carbons (Fsp3) is 0.222. The normalized spacial score (nSPS) is 11.4. The third-order valence-corrected chi connectivity index (χ3v) is 1.72. The van der Waals surface area contributed by atoms with Crippen molar-refractivity contribution in [1.82, 2.24) is 9.97 Å². The lowest BCUT2D eigenvalue weighted by Crippen LogP contribution is -2.23. The highest BCUT2D eigenvalue weighted by Gasteiger charge is 2.07. The molecule has 0 aliphatic rings. The van der Waals surface area contributed by atoms with Gasteiger partial charge in [0, 0.05) is 11.6 Å². The zero-order valence-corrected chi connectivity index (χ0v) is 7.88. The number of aromatic nitrogens is 2. The molecule has 14 heavy (non-hydrogen) atoms. The molecule has 5 heteroatoms. The van der Waals surface area contributed by atoms with Gasteiger partial charge in [0.05, 0.1) is 5.69 Å². The maximum atomic E-state index is 11.1. The number of ketones is 1. The van der Waals surface area contributed by atoms with Crippen LogP contribution in [0, 0.1) is 0 Å². The van der Waals surface area contributed by atoms with Gasteiger partial charge in [0.15, 0.2) is 5.78 Å². The van der Waals surface area contributed by atoms with E-state index >= 15 is 0 Å². The number of rotatable bonds is 2. The molecule has 0 radical (unpaired) electrons. The fourth-order valence-corrected chi connectivity index (χ4v) is 1.16. The van der Waals surface area contributed by atoms with E-state index in [-0.39, 0.29) is 11.5 Å². The molecule has 0 aliphatic carbocycles. The summed E-state index contributed by atoms with van der Waals surface area (Å²) in [5, 5.41) is 0. The molecule has 0 bridgehead atoms. The number of carbonyl (C=O) groups is 1. The first-order valence-corrected chi connectivity index (χ1v) is 4.06. The highest BCUT2D eigenvalue weighted by atomic mass is 16.2. The van der Waals surface area contributed by atoms with Gasteiger partial charge in [0.25, 0.3) is 5.56 Å². The Kier molecular flexibility index (Phi) is 2.81. The van der Waals surface area contributed by atoms with Crippen LogP contribution in [0.5, 0.6) is 0 Å². The quantitative estimate of drug-likeness (QED) is 0.653. The van der Waals surface area contributed by atoms with Crippen molar-refractivity contribution in [2.45, 2.75) is 13.8 Å². The van der Waals surface area contributed by atoms with Crippen LogP contribution in [0.1, 0.15) is 19.5 Å². The third kappa shape index (κ3) is 2.07. The Balaban J connectivity index is 3.39. The lowest BCUT2D eigenvalue weighted by molar-refractivity contribution is -0.111. The average molecular weight is 194 g/mol. The van der Waals surface area contributed by atoms with E-state index in [4.69, 9.17) is 0 Å². The molecule has 5 nitrogen and oxygen atoms in total. The van der Waals surface area contributed by atoms with Gasteiger partial charge in [-0.1, -0.05) is 6.08 Å². The van der Waals surface area contributed by atoms with Gasteiger partial charge in [-0.15, -0.1) is 0 Å². The van der Waals surface area contributed by atoms with E-state index in [0.29, 0.717) is 5.57 Å². The fourth-order valence-electron chi connectivity index (χ4n) is 1.16. The molecule has 1 aromatic heterocycles. The van der Waals surface area contributed by atoms with Crippen molar-refractivity contribution in [2.24, 2.45) is 0 Å². The lowest BCUT2D eigenvalue weighted by Gasteiger charge is -2.00. The summed E-state index contributed by atoms with van der Waals surface area (Å²) in [5.41, 5.74) is -0.570. The van der Waals surface area contributed by atoms with Crippen molar-refractivity contribution in [1.29, 1.82) is 0 Å². The van der Waals surface area contributed by atoms with Crippen LogP contribution >= 0.6 is 0 Å². The maximum Gasteiger partial charge on any atom is 0.326 e. The molecule has 74 valence electrons. The smallest absolute Gasteiger partial charge is 0.307 e. The first kappa shape index (κ1) is 10.2. The summed E-state index contributed by atoms with van der Waals surface area (Å²) in [5.74, 6) is -0.200. The predicted molar refractivity (Wildman–Crippen MR) is 52.0 cm³/mol. The topological polar surface area (TPSA) is 82.8 Å². The Labute approximate surface area is 79.5 Å². The molecule has 0 atom stereocenters.